The molecule has 0 amide bonds. The van der Waals surface area contributed by atoms with Crippen LogP contribution in [0.2, 0.25) is 0 Å². The minimum atomic E-state index is -0.791. The Labute approximate surface area is 125 Å². The fourth-order valence-corrected chi connectivity index (χ4v) is 2.22. The predicted octanol–water partition coefficient (Wildman–Crippen LogP) is 3.47. The number of rotatable bonds is 6. The zero-order valence-corrected chi connectivity index (χ0v) is 12.5. The Morgan fingerprint density at radius 3 is 2.38 bits per heavy atom. The highest BCUT2D eigenvalue weighted by atomic mass is 16.4. The van der Waals surface area contributed by atoms with E-state index in [0.29, 0.717) is 0 Å². The van der Waals surface area contributed by atoms with E-state index in [1.54, 1.807) is 6.92 Å². The molecular weight excluding hydrogens is 262 g/mol. The minimum absolute atomic E-state index is 0.459. The smallest absolute Gasteiger partial charge is 0.310 e. The van der Waals surface area contributed by atoms with E-state index < -0.39 is 11.9 Å². The van der Waals surface area contributed by atoms with Gasteiger partial charge in [0.2, 0.25) is 0 Å². The van der Waals surface area contributed by atoms with Gasteiger partial charge in [-0.05, 0) is 36.1 Å². The maximum absolute atomic E-state index is 10.9. The summed E-state index contributed by atoms with van der Waals surface area (Å²) in [5, 5.41) is 12.4. The van der Waals surface area contributed by atoms with Crippen molar-refractivity contribution in [3.05, 3.63) is 70.8 Å². The average molecular weight is 283 g/mol. The number of hydrogen-bond acceptors (Lipinski definition) is 2. The van der Waals surface area contributed by atoms with E-state index in [0.717, 1.165) is 24.2 Å². The van der Waals surface area contributed by atoms with Gasteiger partial charge < -0.3 is 10.4 Å². The maximum Gasteiger partial charge on any atom is 0.310 e. The van der Waals surface area contributed by atoms with E-state index in [-0.39, 0.29) is 0 Å². The number of aryl methyl sites for hydroxylation is 1. The molecular formula is C18H21NO2. The van der Waals surface area contributed by atoms with Crippen molar-refractivity contribution >= 4 is 5.97 Å². The molecule has 1 atom stereocenters. The van der Waals surface area contributed by atoms with Crippen LogP contribution in [0.3, 0.4) is 0 Å². The molecule has 0 aromatic heterocycles. The SMILES string of the molecule is Cc1ccccc1CNCc1ccc(C(C)C(=O)O)cc1. The molecule has 2 rings (SSSR count). The van der Waals surface area contributed by atoms with Crippen molar-refractivity contribution in [1.82, 2.24) is 5.32 Å². The molecule has 110 valence electrons. The van der Waals surface area contributed by atoms with E-state index in [4.69, 9.17) is 5.11 Å². The van der Waals surface area contributed by atoms with Gasteiger partial charge in [0.1, 0.15) is 0 Å². The first-order chi connectivity index (χ1) is 10.1. The van der Waals surface area contributed by atoms with Crippen molar-refractivity contribution in [3.63, 3.8) is 0 Å². The summed E-state index contributed by atoms with van der Waals surface area (Å²) in [5.74, 6) is -1.25. The Balaban J connectivity index is 1.90. The molecule has 2 aromatic carbocycles. The molecule has 0 saturated carbocycles. The molecule has 0 fully saturated rings. The van der Waals surface area contributed by atoms with Crippen LogP contribution in [-0.2, 0) is 17.9 Å². The number of nitrogens with one attached hydrogen (secondary N) is 1. The summed E-state index contributed by atoms with van der Waals surface area (Å²) in [6.45, 7) is 5.42. The Kier molecular flexibility index (Phi) is 5.12. The zero-order valence-electron chi connectivity index (χ0n) is 12.5. The number of carboxylic acid groups (broad SMARTS) is 1. The lowest BCUT2D eigenvalue weighted by Crippen LogP contribution is -2.13. The lowest BCUT2D eigenvalue weighted by atomic mass is 10.00. The molecule has 0 aliphatic carbocycles. The molecule has 0 aliphatic rings. The van der Waals surface area contributed by atoms with Crippen LogP contribution in [0.4, 0.5) is 0 Å². The summed E-state index contributed by atoms with van der Waals surface area (Å²) in [7, 11) is 0. The topological polar surface area (TPSA) is 49.3 Å². The van der Waals surface area contributed by atoms with Crippen molar-refractivity contribution < 1.29 is 9.90 Å². The van der Waals surface area contributed by atoms with E-state index in [9.17, 15) is 4.79 Å². The standard InChI is InChI=1S/C18H21NO2/c1-13-5-3-4-6-17(13)12-19-11-15-7-9-16(10-8-15)14(2)18(20)21/h3-10,14,19H,11-12H2,1-2H3,(H,20,21). The Morgan fingerprint density at radius 2 is 1.76 bits per heavy atom. The first kappa shape index (κ1) is 15.3. The average Bonchev–Trinajstić information content (AvgIpc) is 2.49. The third kappa shape index (κ3) is 4.17. The van der Waals surface area contributed by atoms with Crippen molar-refractivity contribution in [2.45, 2.75) is 32.9 Å². The summed E-state index contributed by atoms with van der Waals surface area (Å²) in [6.07, 6.45) is 0. The van der Waals surface area contributed by atoms with Gasteiger partial charge in [-0.1, -0.05) is 48.5 Å². The first-order valence-corrected chi connectivity index (χ1v) is 7.15. The van der Waals surface area contributed by atoms with Gasteiger partial charge in [-0.3, -0.25) is 4.79 Å². The summed E-state index contributed by atoms with van der Waals surface area (Å²) < 4.78 is 0. The largest absolute Gasteiger partial charge is 0.481 e. The van der Waals surface area contributed by atoms with Gasteiger partial charge in [0.15, 0.2) is 0 Å². The van der Waals surface area contributed by atoms with Crippen molar-refractivity contribution in [3.8, 4) is 0 Å². The van der Waals surface area contributed by atoms with Gasteiger partial charge in [0, 0.05) is 13.1 Å². The van der Waals surface area contributed by atoms with Gasteiger partial charge >= 0.3 is 5.97 Å². The first-order valence-electron chi connectivity index (χ1n) is 7.15. The monoisotopic (exact) mass is 283 g/mol. The van der Waals surface area contributed by atoms with E-state index >= 15 is 0 Å². The molecule has 1 unspecified atom stereocenters. The molecule has 0 aliphatic heterocycles. The normalized spacial score (nSPS) is 12.1. The second-order valence-corrected chi connectivity index (χ2v) is 5.33. The van der Waals surface area contributed by atoms with Crippen LogP contribution >= 0.6 is 0 Å². The number of carboxylic acids is 1. The Bertz CT molecular complexity index is 605. The summed E-state index contributed by atoms with van der Waals surface area (Å²) in [4.78, 5) is 10.9. The number of aliphatic carboxylic acids is 1. The van der Waals surface area contributed by atoms with Crippen LogP contribution in [0, 0.1) is 6.92 Å². The van der Waals surface area contributed by atoms with Crippen molar-refractivity contribution in [2.24, 2.45) is 0 Å². The molecule has 2 aromatic rings. The lowest BCUT2D eigenvalue weighted by Gasteiger charge is -2.10. The van der Waals surface area contributed by atoms with Gasteiger partial charge in [-0.15, -0.1) is 0 Å². The molecule has 0 spiro atoms. The minimum Gasteiger partial charge on any atom is -0.481 e. The van der Waals surface area contributed by atoms with Crippen molar-refractivity contribution in [1.29, 1.82) is 0 Å². The molecule has 0 radical (unpaired) electrons. The quantitative estimate of drug-likeness (QED) is 0.853. The lowest BCUT2D eigenvalue weighted by molar-refractivity contribution is -0.138. The van der Waals surface area contributed by atoms with Crippen LogP contribution in [0.25, 0.3) is 0 Å². The highest BCUT2D eigenvalue weighted by molar-refractivity contribution is 5.75. The van der Waals surface area contributed by atoms with Crippen LogP contribution in [0.1, 0.15) is 35.1 Å². The fraction of sp³-hybridized carbons (Fsp3) is 0.278. The van der Waals surface area contributed by atoms with Crippen LogP contribution in [0.15, 0.2) is 48.5 Å². The van der Waals surface area contributed by atoms with E-state index in [1.165, 1.54) is 11.1 Å². The Hall–Kier alpha value is -2.13. The third-order valence-corrected chi connectivity index (χ3v) is 3.76. The molecule has 21 heavy (non-hydrogen) atoms. The van der Waals surface area contributed by atoms with Crippen LogP contribution < -0.4 is 5.32 Å². The third-order valence-electron chi connectivity index (χ3n) is 3.76. The second-order valence-electron chi connectivity index (χ2n) is 5.33. The van der Waals surface area contributed by atoms with Gasteiger partial charge in [-0.25, -0.2) is 0 Å². The second kappa shape index (κ2) is 7.04. The summed E-state index contributed by atoms with van der Waals surface area (Å²) >= 11 is 0. The molecule has 2 N–H and O–H groups in total. The fourth-order valence-electron chi connectivity index (χ4n) is 2.22. The predicted molar refractivity (Wildman–Crippen MR) is 84.2 cm³/mol. The summed E-state index contributed by atoms with van der Waals surface area (Å²) in [6, 6.07) is 16.1. The van der Waals surface area contributed by atoms with Crippen molar-refractivity contribution in [2.75, 3.05) is 0 Å². The number of hydrogen-bond donors (Lipinski definition) is 2. The maximum atomic E-state index is 10.9. The summed E-state index contributed by atoms with van der Waals surface area (Å²) in [5.41, 5.74) is 4.58. The van der Waals surface area contributed by atoms with Gasteiger partial charge in [0.25, 0.3) is 0 Å². The highest BCUT2D eigenvalue weighted by Crippen LogP contribution is 2.16. The van der Waals surface area contributed by atoms with Gasteiger partial charge in [-0.2, -0.15) is 0 Å². The van der Waals surface area contributed by atoms with Crippen LogP contribution in [-0.4, -0.2) is 11.1 Å². The molecule has 0 heterocycles. The highest BCUT2D eigenvalue weighted by Gasteiger charge is 2.12. The van der Waals surface area contributed by atoms with Crippen LogP contribution in [0.5, 0.6) is 0 Å². The molecule has 3 heteroatoms. The Morgan fingerprint density at radius 1 is 1.10 bits per heavy atom. The molecule has 0 bridgehead atoms. The zero-order chi connectivity index (χ0) is 15.2. The van der Waals surface area contributed by atoms with E-state index in [1.807, 2.05) is 36.4 Å². The molecule has 0 saturated heterocycles. The number of carbonyl (C=O) groups is 1. The number of benzene rings is 2. The van der Waals surface area contributed by atoms with Gasteiger partial charge in [0.05, 0.1) is 5.92 Å². The molecule has 3 nitrogen and oxygen atoms in total. The van der Waals surface area contributed by atoms with E-state index in [2.05, 4.69) is 24.4 Å².